The molecule has 0 heterocycles. The van der Waals surface area contributed by atoms with Crippen molar-refractivity contribution < 1.29 is 19.4 Å². The number of ether oxygens (including phenoxy) is 2. The molecule has 0 saturated carbocycles. The first-order valence-electron chi connectivity index (χ1n) is 3.53. The van der Waals surface area contributed by atoms with Gasteiger partial charge in [-0.25, -0.2) is 0 Å². The Labute approximate surface area is 66.1 Å². The van der Waals surface area contributed by atoms with Gasteiger partial charge in [-0.2, -0.15) is 0 Å². The maximum atomic E-state index is 10.7. The van der Waals surface area contributed by atoms with Crippen LogP contribution in [0.25, 0.3) is 0 Å². The van der Waals surface area contributed by atoms with E-state index in [1.54, 1.807) is 6.92 Å². The average molecular weight is 162 g/mol. The van der Waals surface area contributed by atoms with Crippen LogP contribution in [0.5, 0.6) is 0 Å². The highest BCUT2D eigenvalue weighted by Gasteiger charge is 2.10. The summed E-state index contributed by atoms with van der Waals surface area (Å²) in [5, 5.41) is 9.02. The van der Waals surface area contributed by atoms with Crippen LogP contribution in [0.3, 0.4) is 0 Å². The molecule has 0 spiro atoms. The Morgan fingerprint density at radius 1 is 1.64 bits per heavy atom. The Kier molecular flexibility index (Phi) is 5.78. The monoisotopic (exact) mass is 162 g/mol. The van der Waals surface area contributed by atoms with E-state index in [9.17, 15) is 4.79 Å². The van der Waals surface area contributed by atoms with Crippen LogP contribution in [0.4, 0.5) is 0 Å². The van der Waals surface area contributed by atoms with Crippen LogP contribution in [-0.2, 0) is 14.3 Å². The zero-order chi connectivity index (χ0) is 8.69. The highest BCUT2D eigenvalue weighted by Crippen LogP contribution is 1.94. The normalized spacial score (nSPS) is 12.6. The lowest BCUT2D eigenvalue weighted by molar-refractivity contribution is -0.146. The van der Waals surface area contributed by atoms with Crippen LogP contribution in [0.1, 0.15) is 13.3 Å². The molecular weight excluding hydrogens is 148 g/mol. The van der Waals surface area contributed by atoms with E-state index < -0.39 is 12.1 Å². The van der Waals surface area contributed by atoms with Crippen molar-refractivity contribution >= 4 is 5.97 Å². The van der Waals surface area contributed by atoms with E-state index in [0.29, 0.717) is 6.61 Å². The third-order valence-corrected chi connectivity index (χ3v) is 1.07. The van der Waals surface area contributed by atoms with Gasteiger partial charge in [0, 0.05) is 7.11 Å². The van der Waals surface area contributed by atoms with Gasteiger partial charge in [-0.05, 0) is 6.92 Å². The number of methoxy groups -OCH3 is 1. The van der Waals surface area contributed by atoms with Gasteiger partial charge in [-0.15, -0.1) is 0 Å². The van der Waals surface area contributed by atoms with Crippen molar-refractivity contribution in [2.24, 2.45) is 0 Å². The second-order valence-corrected chi connectivity index (χ2v) is 2.12. The number of esters is 1. The summed E-state index contributed by atoms with van der Waals surface area (Å²) >= 11 is 0. The van der Waals surface area contributed by atoms with Gasteiger partial charge in [0.05, 0.1) is 25.7 Å². The lowest BCUT2D eigenvalue weighted by Gasteiger charge is -2.07. The number of aliphatic hydroxyl groups excluding tert-OH is 1. The second kappa shape index (κ2) is 6.12. The first-order chi connectivity index (χ1) is 5.20. The molecule has 0 aliphatic rings. The summed E-state index contributed by atoms with van der Waals surface area (Å²) in [4.78, 5) is 10.7. The van der Waals surface area contributed by atoms with Crippen LogP contribution in [0.2, 0.25) is 0 Å². The van der Waals surface area contributed by atoms with Gasteiger partial charge >= 0.3 is 5.97 Å². The molecule has 0 aromatic rings. The average Bonchev–Trinajstić information content (AvgIpc) is 1.87. The fraction of sp³-hybridized carbons (Fsp3) is 0.857. The van der Waals surface area contributed by atoms with Crippen LogP contribution >= 0.6 is 0 Å². The van der Waals surface area contributed by atoms with Gasteiger partial charge in [0.15, 0.2) is 0 Å². The van der Waals surface area contributed by atoms with E-state index in [2.05, 4.69) is 9.47 Å². The molecule has 1 atom stereocenters. The topological polar surface area (TPSA) is 55.8 Å². The second-order valence-electron chi connectivity index (χ2n) is 2.12. The summed E-state index contributed by atoms with van der Waals surface area (Å²) in [6, 6.07) is 0. The van der Waals surface area contributed by atoms with Gasteiger partial charge in [0.1, 0.15) is 0 Å². The predicted octanol–water partition coefficient (Wildman–Crippen LogP) is -0.0531. The summed E-state index contributed by atoms with van der Waals surface area (Å²) in [6.07, 6.45) is -0.749. The van der Waals surface area contributed by atoms with E-state index in [0.717, 1.165) is 0 Å². The van der Waals surface area contributed by atoms with E-state index in [1.165, 1.54) is 7.11 Å². The van der Waals surface area contributed by atoms with Crippen molar-refractivity contribution in [2.75, 3.05) is 20.3 Å². The van der Waals surface area contributed by atoms with E-state index in [-0.39, 0.29) is 13.0 Å². The van der Waals surface area contributed by atoms with Gasteiger partial charge in [0.2, 0.25) is 0 Å². The molecule has 1 N–H and O–H groups in total. The molecule has 0 rings (SSSR count). The highest BCUT2D eigenvalue weighted by molar-refractivity contribution is 5.69. The first-order valence-corrected chi connectivity index (χ1v) is 3.53. The molecule has 0 aliphatic heterocycles. The quantitative estimate of drug-likeness (QED) is 0.576. The standard InChI is InChI=1S/C7H14O4/c1-3-11-7(9)4-6(8)5-10-2/h6,8H,3-5H2,1-2H3. The van der Waals surface area contributed by atoms with Crippen LogP contribution < -0.4 is 0 Å². The van der Waals surface area contributed by atoms with Crippen LogP contribution in [0, 0.1) is 0 Å². The summed E-state index contributed by atoms with van der Waals surface area (Å²) in [5.41, 5.74) is 0. The number of hydrogen-bond acceptors (Lipinski definition) is 4. The SMILES string of the molecule is CCOC(=O)CC(O)COC. The summed E-state index contributed by atoms with van der Waals surface area (Å²) in [6.45, 7) is 2.23. The minimum Gasteiger partial charge on any atom is -0.466 e. The number of hydrogen-bond donors (Lipinski definition) is 1. The zero-order valence-corrected chi connectivity index (χ0v) is 6.87. The fourth-order valence-corrected chi connectivity index (χ4v) is 0.664. The molecule has 1 unspecified atom stereocenters. The summed E-state index contributed by atoms with van der Waals surface area (Å²) < 4.78 is 9.23. The molecule has 0 bridgehead atoms. The number of rotatable bonds is 5. The molecular formula is C7H14O4. The fourth-order valence-electron chi connectivity index (χ4n) is 0.664. The number of carbonyl (C=O) groups excluding carboxylic acids is 1. The Bertz CT molecular complexity index is 113. The van der Waals surface area contributed by atoms with Crippen molar-refractivity contribution in [3.63, 3.8) is 0 Å². The number of carbonyl (C=O) groups is 1. The maximum Gasteiger partial charge on any atom is 0.308 e. The minimum absolute atomic E-state index is 0.00167. The Hall–Kier alpha value is -0.610. The molecule has 4 nitrogen and oxygen atoms in total. The molecule has 4 heteroatoms. The Morgan fingerprint density at radius 2 is 2.27 bits per heavy atom. The van der Waals surface area contributed by atoms with Crippen molar-refractivity contribution in [3.05, 3.63) is 0 Å². The van der Waals surface area contributed by atoms with Gasteiger partial charge < -0.3 is 14.6 Å². The molecule has 0 amide bonds. The van der Waals surface area contributed by atoms with Gasteiger partial charge in [-0.3, -0.25) is 4.79 Å². The van der Waals surface area contributed by atoms with Crippen LogP contribution in [0.15, 0.2) is 0 Å². The van der Waals surface area contributed by atoms with Crippen LogP contribution in [-0.4, -0.2) is 37.5 Å². The van der Waals surface area contributed by atoms with E-state index >= 15 is 0 Å². The largest absolute Gasteiger partial charge is 0.466 e. The van der Waals surface area contributed by atoms with E-state index in [1.807, 2.05) is 0 Å². The lowest BCUT2D eigenvalue weighted by atomic mass is 10.3. The smallest absolute Gasteiger partial charge is 0.308 e. The van der Waals surface area contributed by atoms with E-state index in [4.69, 9.17) is 5.11 Å². The molecule has 0 fully saturated rings. The van der Waals surface area contributed by atoms with Gasteiger partial charge in [0.25, 0.3) is 0 Å². The molecule has 0 radical (unpaired) electrons. The maximum absolute atomic E-state index is 10.7. The molecule has 0 aliphatic carbocycles. The molecule has 0 saturated heterocycles. The summed E-state index contributed by atoms with van der Waals surface area (Å²) in [7, 11) is 1.47. The van der Waals surface area contributed by atoms with Crippen molar-refractivity contribution in [1.82, 2.24) is 0 Å². The predicted molar refractivity (Wildman–Crippen MR) is 39.1 cm³/mol. The molecule has 66 valence electrons. The molecule has 0 aromatic heterocycles. The minimum atomic E-state index is -0.751. The number of aliphatic hydroxyl groups is 1. The van der Waals surface area contributed by atoms with Crippen molar-refractivity contribution in [3.8, 4) is 0 Å². The Morgan fingerprint density at radius 3 is 2.73 bits per heavy atom. The third kappa shape index (κ3) is 5.82. The lowest BCUT2D eigenvalue weighted by Crippen LogP contribution is -2.20. The third-order valence-electron chi connectivity index (χ3n) is 1.07. The van der Waals surface area contributed by atoms with Crippen molar-refractivity contribution in [2.45, 2.75) is 19.4 Å². The Balaban J connectivity index is 3.40. The van der Waals surface area contributed by atoms with Gasteiger partial charge in [-0.1, -0.05) is 0 Å². The first kappa shape index (κ1) is 10.4. The van der Waals surface area contributed by atoms with Crippen molar-refractivity contribution in [1.29, 1.82) is 0 Å². The summed E-state index contributed by atoms with van der Waals surface area (Å²) in [5.74, 6) is -0.392. The molecule has 0 aromatic carbocycles. The zero-order valence-electron chi connectivity index (χ0n) is 6.87. The molecule has 11 heavy (non-hydrogen) atoms. The highest BCUT2D eigenvalue weighted by atomic mass is 16.5.